The van der Waals surface area contributed by atoms with E-state index in [1.165, 1.54) is 12.5 Å². The summed E-state index contributed by atoms with van der Waals surface area (Å²) in [6, 6.07) is 9.67. The topological polar surface area (TPSA) is 97.4 Å². The molecule has 1 aliphatic rings. The number of benzene rings is 1. The molecule has 0 spiro atoms. The van der Waals surface area contributed by atoms with Gasteiger partial charge in [0.25, 0.3) is 5.91 Å². The number of hydrogen-bond donors (Lipinski definition) is 2. The van der Waals surface area contributed by atoms with Crippen molar-refractivity contribution in [2.24, 2.45) is 0 Å². The molecule has 1 saturated carbocycles. The molecule has 4 aromatic rings. The Morgan fingerprint density at radius 3 is 3.00 bits per heavy atom. The maximum Gasteiger partial charge on any atom is 0.261 e. The van der Waals surface area contributed by atoms with Crippen LogP contribution in [0.1, 0.15) is 23.2 Å². The second-order valence-electron chi connectivity index (χ2n) is 6.43. The Morgan fingerprint density at radius 1 is 1.26 bits per heavy atom. The first-order valence-electron chi connectivity index (χ1n) is 8.68. The quantitative estimate of drug-likeness (QED) is 0.567. The minimum Gasteiger partial charge on any atom is -0.445 e. The van der Waals surface area contributed by atoms with Gasteiger partial charge in [-0.1, -0.05) is 6.07 Å². The highest BCUT2D eigenvalue weighted by molar-refractivity contribution is 6.08. The van der Waals surface area contributed by atoms with E-state index in [4.69, 9.17) is 4.42 Å². The lowest BCUT2D eigenvalue weighted by Gasteiger charge is -2.06. The molecule has 134 valence electrons. The lowest BCUT2D eigenvalue weighted by atomic mass is 10.2. The minimum atomic E-state index is -0.273. The Hall–Kier alpha value is -3.68. The molecule has 8 heteroatoms. The number of anilines is 2. The highest BCUT2D eigenvalue weighted by Crippen LogP contribution is 2.25. The molecule has 1 amide bonds. The van der Waals surface area contributed by atoms with E-state index in [0.29, 0.717) is 28.8 Å². The maximum absolute atomic E-state index is 12.8. The van der Waals surface area contributed by atoms with Crippen LogP contribution in [0.3, 0.4) is 0 Å². The summed E-state index contributed by atoms with van der Waals surface area (Å²) >= 11 is 0. The summed E-state index contributed by atoms with van der Waals surface area (Å²) in [5.41, 5.74) is 2.35. The Balaban J connectivity index is 1.41. The fourth-order valence-corrected chi connectivity index (χ4v) is 2.84. The highest BCUT2D eigenvalue weighted by atomic mass is 16.3. The van der Waals surface area contributed by atoms with Gasteiger partial charge in [-0.2, -0.15) is 5.10 Å². The Labute approximate surface area is 154 Å². The molecular formula is C19H16N6O2. The van der Waals surface area contributed by atoms with E-state index in [-0.39, 0.29) is 5.91 Å². The van der Waals surface area contributed by atoms with Crippen LogP contribution in [-0.2, 0) is 0 Å². The molecule has 0 saturated heterocycles. The van der Waals surface area contributed by atoms with Gasteiger partial charge in [-0.15, -0.1) is 0 Å². The lowest BCUT2D eigenvalue weighted by molar-refractivity contribution is 0.102. The van der Waals surface area contributed by atoms with Gasteiger partial charge in [-0.3, -0.25) is 4.79 Å². The predicted octanol–water partition coefficient (Wildman–Crippen LogP) is 3.21. The van der Waals surface area contributed by atoms with Gasteiger partial charge in [0.1, 0.15) is 17.6 Å². The first-order valence-corrected chi connectivity index (χ1v) is 8.68. The fraction of sp³-hybridized carbons (Fsp3) is 0.158. The predicted molar refractivity (Wildman–Crippen MR) is 99.5 cm³/mol. The summed E-state index contributed by atoms with van der Waals surface area (Å²) in [6.45, 7) is 0. The molecule has 2 N–H and O–H groups in total. The maximum atomic E-state index is 12.8. The van der Waals surface area contributed by atoms with E-state index in [9.17, 15) is 4.79 Å². The summed E-state index contributed by atoms with van der Waals surface area (Å²) in [7, 11) is 0. The van der Waals surface area contributed by atoms with Crippen LogP contribution in [0, 0.1) is 0 Å². The van der Waals surface area contributed by atoms with Gasteiger partial charge in [-0.25, -0.2) is 14.5 Å². The number of nitrogens with one attached hydrogen (secondary N) is 2. The number of hydrogen-bond acceptors (Lipinski definition) is 6. The molecule has 8 nitrogen and oxygen atoms in total. The number of carbonyl (C=O) groups is 1. The number of nitrogens with zero attached hydrogens (tertiary/aromatic N) is 4. The van der Waals surface area contributed by atoms with Crippen LogP contribution in [0.2, 0.25) is 0 Å². The molecule has 1 aliphatic carbocycles. The summed E-state index contributed by atoms with van der Waals surface area (Å²) < 4.78 is 6.90. The molecule has 5 rings (SSSR count). The van der Waals surface area contributed by atoms with Crippen LogP contribution < -0.4 is 10.6 Å². The third kappa shape index (κ3) is 3.12. The van der Waals surface area contributed by atoms with Crippen molar-refractivity contribution >= 4 is 23.1 Å². The molecule has 3 heterocycles. The average molecular weight is 360 g/mol. The van der Waals surface area contributed by atoms with E-state index in [1.807, 2.05) is 30.3 Å². The SMILES string of the molecule is O=C(Nc1cccc(-c2ncco2)c1)c1cnn2ccc(NC3CC3)nc12. The molecule has 0 unspecified atom stereocenters. The van der Waals surface area contributed by atoms with Crippen molar-refractivity contribution in [2.45, 2.75) is 18.9 Å². The van der Waals surface area contributed by atoms with Crippen molar-refractivity contribution in [3.63, 3.8) is 0 Å². The third-order valence-electron chi connectivity index (χ3n) is 4.34. The van der Waals surface area contributed by atoms with E-state index >= 15 is 0 Å². The third-order valence-corrected chi connectivity index (χ3v) is 4.34. The molecule has 0 aliphatic heterocycles. The fourth-order valence-electron chi connectivity index (χ4n) is 2.84. The molecule has 1 fully saturated rings. The van der Waals surface area contributed by atoms with Gasteiger partial charge in [0.2, 0.25) is 5.89 Å². The molecule has 27 heavy (non-hydrogen) atoms. The Kier molecular flexibility index (Phi) is 3.60. The molecule has 0 radical (unpaired) electrons. The largest absolute Gasteiger partial charge is 0.445 e. The number of aromatic nitrogens is 4. The van der Waals surface area contributed by atoms with Gasteiger partial charge < -0.3 is 15.1 Å². The summed E-state index contributed by atoms with van der Waals surface area (Å²) in [4.78, 5) is 21.4. The van der Waals surface area contributed by atoms with Crippen LogP contribution in [-0.4, -0.2) is 31.5 Å². The van der Waals surface area contributed by atoms with Gasteiger partial charge in [0.15, 0.2) is 5.65 Å². The average Bonchev–Trinajstić information content (AvgIpc) is 3.17. The second-order valence-corrected chi connectivity index (χ2v) is 6.43. The monoisotopic (exact) mass is 360 g/mol. The zero-order chi connectivity index (χ0) is 18.2. The van der Waals surface area contributed by atoms with Crippen LogP contribution in [0.4, 0.5) is 11.5 Å². The lowest BCUT2D eigenvalue weighted by Crippen LogP contribution is -2.12. The number of oxazole rings is 1. The van der Waals surface area contributed by atoms with E-state index in [2.05, 4.69) is 25.7 Å². The van der Waals surface area contributed by atoms with Gasteiger partial charge in [-0.05, 0) is 37.1 Å². The zero-order valence-corrected chi connectivity index (χ0v) is 14.3. The number of amides is 1. The normalized spacial score (nSPS) is 13.6. The van der Waals surface area contributed by atoms with Crippen LogP contribution in [0.25, 0.3) is 17.1 Å². The Morgan fingerprint density at radius 2 is 2.19 bits per heavy atom. The highest BCUT2D eigenvalue weighted by Gasteiger charge is 2.22. The minimum absolute atomic E-state index is 0.273. The first kappa shape index (κ1) is 15.6. The van der Waals surface area contributed by atoms with Gasteiger partial charge >= 0.3 is 0 Å². The number of rotatable bonds is 5. The first-order chi connectivity index (χ1) is 13.3. The molecule has 1 aromatic carbocycles. The van der Waals surface area contributed by atoms with Crippen LogP contribution in [0.5, 0.6) is 0 Å². The van der Waals surface area contributed by atoms with Crippen molar-refractivity contribution in [1.82, 2.24) is 19.6 Å². The van der Waals surface area contributed by atoms with Crippen molar-refractivity contribution in [3.05, 3.63) is 60.7 Å². The molecular weight excluding hydrogens is 344 g/mol. The van der Waals surface area contributed by atoms with E-state index in [1.54, 1.807) is 16.9 Å². The van der Waals surface area contributed by atoms with Crippen LogP contribution in [0.15, 0.2) is 59.6 Å². The van der Waals surface area contributed by atoms with Gasteiger partial charge in [0.05, 0.1) is 12.4 Å². The standard InChI is InChI=1S/C19H16N6O2/c26-18(23-14-3-1-2-12(10-14)19-20-7-9-27-19)15-11-21-25-8-6-16(24-17(15)25)22-13-4-5-13/h1-3,6-11,13H,4-5H2,(H,22,24)(H,23,26). The summed E-state index contributed by atoms with van der Waals surface area (Å²) in [6.07, 6.45) is 8.72. The molecule has 0 bridgehead atoms. The smallest absolute Gasteiger partial charge is 0.261 e. The van der Waals surface area contributed by atoms with Crippen molar-refractivity contribution in [1.29, 1.82) is 0 Å². The Bertz CT molecular complexity index is 1110. The number of carbonyl (C=O) groups excluding carboxylic acids is 1. The van der Waals surface area contributed by atoms with Crippen molar-refractivity contribution < 1.29 is 9.21 Å². The van der Waals surface area contributed by atoms with E-state index < -0.39 is 0 Å². The summed E-state index contributed by atoms with van der Waals surface area (Å²) in [5.74, 6) is 0.982. The van der Waals surface area contributed by atoms with Crippen molar-refractivity contribution in [3.8, 4) is 11.5 Å². The molecule has 3 aromatic heterocycles. The van der Waals surface area contributed by atoms with Crippen molar-refractivity contribution in [2.75, 3.05) is 10.6 Å². The molecule has 0 atom stereocenters. The summed E-state index contributed by atoms with van der Waals surface area (Å²) in [5, 5.41) is 10.4. The van der Waals surface area contributed by atoms with E-state index in [0.717, 1.165) is 24.2 Å². The zero-order valence-electron chi connectivity index (χ0n) is 14.3. The second kappa shape index (κ2) is 6.24. The number of fused-ring (bicyclic) bond motifs is 1. The van der Waals surface area contributed by atoms with Gasteiger partial charge in [0, 0.05) is 23.5 Å². The van der Waals surface area contributed by atoms with Crippen LogP contribution >= 0.6 is 0 Å².